The standard InChI is InChI=1S/C12H15ClFNO3S/c1-15(7-8-4-10(16)5-8)19(17,18)12-3-2-9(14)6-11(12)13/h2-3,6,8,10,16H,4-5,7H2,1H3. The van der Waals surface area contributed by atoms with Gasteiger partial charge in [-0.05, 0) is 37.0 Å². The molecule has 2 rings (SSSR count). The second-order valence-corrected chi connectivity index (χ2v) is 7.27. The van der Waals surface area contributed by atoms with Gasteiger partial charge in [0, 0.05) is 13.6 Å². The summed E-state index contributed by atoms with van der Waals surface area (Å²) in [5, 5.41) is 9.07. The normalized spacial score (nSPS) is 23.4. The van der Waals surface area contributed by atoms with Crippen LogP contribution in [0.2, 0.25) is 5.02 Å². The molecule has 106 valence electrons. The Labute approximate surface area is 116 Å². The first-order chi connectivity index (χ1) is 8.80. The van der Waals surface area contributed by atoms with Crippen molar-refractivity contribution < 1.29 is 17.9 Å². The molecule has 0 aromatic heterocycles. The molecule has 7 heteroatoms. The van der Waals surface area contributed by atoms with Crippen molar-refractivity contribution in [1.82, 2.24) is 4.31 Å². The highest BCUT2D eigenvalue weighted by molar-refractivity contribution is 7.89. The van der Waals surface area contributed by atoms with Crippen molar-refractivity contribution in [3.8, 4) is 0 Å². The summed E-state index contributed by atoms with van der Waals surface area (Å²) in [5.74, 6) is -0.414. The fourth-order valence-electron chi connectivity index (χ4n) is 2.16. The van der Waals surface area contributed by atoms with Crippen molar-refractivity contribution in [2.45, 2.75) is 23.8 Å². The van der Waals surface area contributed by atoms with Gasteiger partial charge in [-0.3, -0.25) is 0 Å². The SMILES string of the molecule is CN(CC1CC(O)C1)S(=O)(=O)c1ccc(F)cc1Cl. The molecule has 1 aromatic carbocycles. The first kappa shape index (κ1) is 14.7. The van der Waals surface area contributed by atoms with E-state index in [1.165, 1.54) is 17.4 Å². The Balaban J connectivity index is 2.16. The summed E-state index contributed by atoms with van der Waals surface area (Å²) in [5.41, 5.74) is 0. The predicted octanol–water partition coefficient (Wildman–Crippen LogP) is 1.87. The van der Waals surface area contributed by atoms with Crippen molar-refractivity contribution in [2.24, 2.45) is 5.92 Å². The number of benzene rings is 1. The zero-order valence-corrected chi connectivity index (χ0v) is 12.0. The minimum absolute atomic E-state index is 0.0991. The first-order valence-corrected chi connectivity index (χ1v) is 7.72. The van der Waals surface area contributed by atoms with Crippen molar-refractivity contribution in [3.05, 3.63) is 29.0 Å². The number of halogens is 2. The van der Waals surface area contributed by atoms with Gasteiger partial charge in [0.05, 0.1) is 11.1 Å². The van der Waals surface area contributed by atoms with Crippen molar-refractivity contribution in [1.29, 1.82) is 0 Å². The lowest BCUT2D eigenvalue weighted by atomic mass is 9.82. The summed E-state index contributed by atoms with van der Waals surface area (Å²) in [6.45, 7) is 0.326. The number of aliphatic hydroxyl groups is 1. The Morgan fingerprint density at radius 1 is 1.47 bits per heavy atom. The molecule has 1 aliphatic rings. The molecule has 0 saturated heterocycles. The van der Waals surface area contributed by atoms with Crippen LogP contribution in [0.3, 0.4) is 0 Å². The van der Waals surface area contributed by atoms with Gasteiger partial charge in [0.25, 0.3) is 0 Å². The molecular weight excluding hydrogens is 293 g/mol. The van der Waals surface area contributed by atoms with Crippen LogP contribution in [0.1, 0.15) is 12.8 Å². The third kappa shape index (κ3) is 3.08. The maximum Gasteiger partial charge on any atom is 0.244 e. The zero-order valence-electron chi connectivity index (χ0n) is 10.4. The summed E-state index contributed by atoms with van der Waals surface area (Å²) in [7, 11) is -2.26. The minimum atomic E-state index is -3.72. The van der Waals surface area contributed by atoms with E-state index in [0.29, 0.717) is 19.4 Å². The van der Waals surface area contributed by atoms with Crippen LogP contribution in [0.15, 0.2) is 23.1 Å². The average Bonchev–Trinajstić information content (AvgIpc) is 2.26. The molecule has 0 bridgehead atoms. The van der Waals surface area contributed by atoms with E-state index in [1.807, 2.05) is 0 Å². The van der Waals surface area contributed by atoms with E-state index in [-0.39, 0.29) is 21.9 Å². The molecular formula is C12H15ClFNO3S. The zero-order chi connectivity index (χ0) is 14.2. The fourth-order valence-corrected chi connectivity index (χ4v) is 3.91. The van der Waals surface area contributed by atoms with E-state index in [2.05, 4.69) is 0 Å². The number of sulfonamides is 1. The second kappa shape index (κ2) is 5.36. The van der Waals surface area contributed by atoms with E-state index < -0.39 is 15.8 Å². The second-order valence-electron chi connectivity index (χ2n) is 4.85. The molecule has 0 aliphatic heterocycles. The lowest BCUT2D eigenvalue weighted by Gasteiger charge is -2.34. The van der Waals surface area contributed by atoms with Crippen LogP contribution >= 0.6 is 11.6 Å². The van der Waals surface area contributed by atoms with Gasteiger partial charge in [0.1, 0.15) is 10.7 Å². The summed E-state index contributed by atoms with van der Waals surface area (Å²) >= 11 is 5.78. The maximum absolute atomic E-state index is 12.9. The number of nitrogens with zero attached hydrogens (tertiary/aromatic N) is 1. The van der Waals surface area contributed by atoms with Gasteiger partial charge in [-0.25, -0.2) is 17.1 Å². The highest BCUT2D eigenvalue weighted by Gasteiger charge is 2.32. The maximum atomic E-state index is 12.9. The molecule has 0 amide bonds. The van der Waals surface area contributed by atoms with Crippen LogP contribution in [0.5, 0.6) is 0 Å². The monoisotopic (exact) mass is 307 g/mol. The van der Waals surface area contributed by atoms with E-state index in [0.717, 1.165) is 12.1 Å². The average molecular weight is 308 g/mol. The predicted molar refractivity (Wildman–Crippen MR) is 70.0 cm³/mol. The van der Waals surface area contributed by atoms with Crippen LogP contribution in [-0.2, 0) is 10.0 Å². The summed E-state index contributed by atoms with van der Waals surface area (Å²) < 4.78 is 38.7. The smallest absolute Gasteiger partial charge is 0.244 e. The van der Waals surface area contributed by atoms with Gasteiger partial charge >= 0.3 is 0 Å². The molecule has 1 N–H and O–H groups in total. The van der Waals surface area contributed by atoms with Gasteiger partial charge in [0.15, 0.2) is 0 Å². The highest BCUT2D eigenvalue weighted by Crippen LogP contribution is 2.30. The third-order valence-corrected chi connectivity index (χ3v) is 5.61. The van der Waals surface area contributed by atoms with Crippen molar-refractivity contribution in [3.63, 3.8) is 0 Å². The van der Waals surface area contributed by atoms with Gasteiger partial charge in [0.2, 0.25) is 10.0 Å². The number of aliphatic hydroxyl groups excluding tert-OH is 1. The molecule has 1 aromatic rings. The molecule has 1 saturated carbocycles. The van der Waals surface area contributed by atoms with Gasteiger partial charge < -0.3 is 5.11 Å². The quantitative estimate of drug-likeness (QED) is 0.924. The third-order valence-electron chi connectivity index (χ3n) is 3.31. The lowest BCUT2D eigenvalue weighted by molar-refractivity contribution is 0.0367. The molecule has 0 unspecified atom stereocenters. The van der Waals surface area contributed by atoms with Crippen LogP contribution < -0.4 is 0 Å². The summed E-state index contributed by atoms with van der Waals surface area (Å²) in [4.78, 5) is -0.0991. The Morgan fingerprint density at radius 2 is 2.11 bits per heavy atom. The number of hydrogen-bond acceptors (Lipinski definition) is 3. The Kier molecular flexibility index (Phi) is 4.15. The van der Waals surface area contributed by atoms with Crippen LogP contribution in [0.4, 0.5) is 4.39 Å². The van der Waals surface area contributed by atoms with Crippen LogP contribution in [0.25, 0.3) is 0 Å². The van der Waals surface area contributed by atoms with Gasteiger partial charge in [-0.1, -0.05) is 11.6 Å². The van der Waals surface area contributed by atoms with Crippen LogP contribution in [0, 0.1) is 11.7 Å². The molecule has 0 spiro atoms. The summed E-state index contributed by atoms with van der Waals surface area (Å²) in [6, 6.07) is 3.22. The van der Waals surface area contributed by atoms with E-state index in [9.17, 15) is 17.9 Å². The lowest BCUT2D eigenvalue weighted by Crippen LogP contribution is -2.39. The van der Waals surface area contributed by atoms with E-state index in [4.69, 9.17) is 11.6 Å². The Morgan fingerprint density at radius 3 is 2.63 bits per heavy atom. The highest BCUT2D eigenvalue weighted by atomic mass is 35.5. The van der Waals surface area contributed by atoms with E-state index in [1.54, 1.807) is 0 Å². The first-order valence-electron chi connectivity index (χ1n) is 5.90. The molecule has 0 atom stereocenters. The summed E-state index contributed by atoms with van der Waals surface area (Å²) in [6.07, 6.45) is 0.893. The molecule has 1 aliphatic carbocycles. The number of rotatable bonds is 4. The Hall–Kier alpha value is -0.690. The largest absolute Gasteiger partial charge is 0.393 e. The fraction of sp³-hybridized carbons (Fsp3) is 0.500. The van der Waals surface area contributed by atoms with Crippen molar-refractivity contribution in [2.75, 3.05) is 13.6 Å². The topological polar surface area (TPSA) is 57.6 Å². The molecule has 0 heterocycles. The van der Waals surface area contributed by atoms with Gasteiger partial charge in [-0.15, -0.1) is 0 Å². The molecule has 19 heavy (non-hydrogen) atoms. The van der Waals surface area contributed by atoms with E-state index >= 15 is 0 Å². The minimum Gasteiger partial charge on any atom is -0.393 e. The molecule has 4 nitrogen and oxygen atoms in total. The van der Waals surface area contributed by atoms with Crippen LogP contribution in [-0.4, -0.2) is 37.5 Å². The molecule has 0 radical (unpaired) electrons. The number of hydrogen-bond donors (Lipinski definition) is 1. The van der Waals surface area contributed by atoms with Gasteiger partial charge in [-0.2, -0.15) is 0 Å². The Bertz CT molecular complexity index is 572. The molecule has 1 fully saturated rings. The van der Waals surface area contributed by atoms with Crippen molar-refractivity contribution >= 4 is 21.6 Å².